The fraction of sp³-hybridized carbons (Fsp3) is 0.786. The monoisotopic (exact) mass is 250 g/mol. The summed E-state index contributed by atoms with van der Waals surface area (Å²) in [5, 5.41) is 15.0. The molecule has 100 valence electrons. The van der Waals surface area contributed by atoms with Crippen molar-refractivity contribution in [1.29, 1.82) is 0 Å². The predicted molar refractivity (Wildman–Crippen MR) is 68.4 cm³/mol. The van der Waals surface area contributed by atoms with Gasteiger partial charge in [0.15, 0.2) is 5.75 Å². The Morgan fingerprint density at radius 2 is 2.33 bits per heavy atom. The van der Waals surface area contributed by atoms with Crippen molar-refractivity contribution in [1.82, 2.24) is 9.78 Å². The van der Waals surface area contributed by atoms with E-state index < -0.39 is 6.10 Å². The van der Waals surface area contributed by atoms with Crippen LogP contribution in [0.1, 0.15) is 44.4 Å². The molecule has 3 rings (SSSR count). The third-order valence-corrected chi connectivity index (χ3v) is 4.84. The molecule has 4 unspecified atom stereocenters. The van der Waals surface area contributed by atoms with Gasteiger partial charge in [-0.1, -0.05) is 6.42 Å². The van der Waals surface area contributed by atoms with E-state index in [9.17, 15) is 5.11 Å². The van der Waals surface area contributed by atoms with Gasteiger partial charge in [-0.15, -0.1) is 0 Å². The van der Waals surface area contributed by atoms with Crippen molar-refractivity contribution in [3.8, 4) is 5.75 Å². The van der Waals surface area contributed by atoms with Gasteiger partial charge in [-0.25, -0.2) is 0 Å². The van der Waals surface area contributed by atoms with Crippen LogP contribution in [0.4, 0.5) is 0 Å². The average Bonchev–Trinajstić information content (AvgIpc) is 3.10. The van der Waals surface area contributed by atoms with Gasteiger partial charge in [0.1, 0.15) is 11.8 Å². The molecule has 0 radical (unpaired) electrons. The van der Waals surface area contributed by atoms with E-state index in [4.69, 9.17) is 4.74 Å². The number of methoxy groups -OCH3 is 1. The van der Waals surface area contributed by atoms with E-state index in [1.165, 1.54) is 25.7 Å². The van der Waals surface area contributed by atoms with Crippen molar-refractivity contribution < 1.29 is 9.84 Å². The maximum Gasteiger partial charge on any atom is 0.162 e. The summed E-state index contributed by atoms with van der Waals surface area (Å²) < 4.78 is 7.22. The van der Waals surface area contributed by atoms with Gasteiger partial charge < -0.3 is 9.84 Å². The van der Waals surface area contributed by atoms with E-state index >= 15 is 0 Å². The zero-order chi connectivity index (χ0) is 12.7. The summed E-state index contributed by atoms with van der Waals surface area (Å²) in [6.07, 6.45) is 6.42. The SMILES string of the molecule is CCn1ncc(OC)c1C(O)C1CC2CCC1C2. The summed E-state index contributed by atoms with van der Waals surface area (Å²) >= 11 is 0. The van der Waals surface area contributed by atoms with Crippen molar-refractivity contribution in [2.24, 2.45) is 17.8 Å². The number of rotatable bonds is 4. The number of aryl methyl sites for hydroxylation is 1. The highest BCUT2D eigenvalue weighted by Crippen LogP contribution is 2.53. The van der Waals surface area contributed by atoms with Crippen LogP contribution in [0, 0.1) is 17.8 Å². The van der Waals surface area contributed by atoms with Crippen LogP contribution >= 0.6 is 0 Å². The molecule has 1 heterocycles. The van der Waals surface area contributed by atoms with Crippen LogP contribution in [-0.2, 0) is 6.54 Å². The van der Waals surface area contributed by atoms with Crippen LogP contribution in [0.2, 0.25) is 0 Å². The molecule has 0 aliphatic heterocycles. The first-order valence-electron chi connectivity index (χ1n) is 7.02. The van der Waals surface area contributed by atoms with E-state index in [1.54, 1.807) is 13.3 Å². The minimum absolute atomic E-state index is 0.402. The van der Waals surface area contributed by atoms with Gasteiger partial charge in [0, 0.05) is 6.54 Å². The van der Waals surface area contributed by atoms with Crippen LogP contribution in [0.3, 0.4) is 0 Å². The topological polar surface area (TPSA) is 47.3 Å². The van der Waals surface area contributed by atoms with Crippen LogP contribution in [0.15, 0.2) is 6.20 Å². The molecule has 2 bridgehead atoms. The number of fused-ring (bicyclic) bond motifs is 2. The van der Waals surface area contributed by atoms with Crippen LogP contribution in [-0.4, -0.2) is 22.0 Å². The summed E-state index contributed by atoms with van der Waals surface area (Å²) in [6, 6.07) is 0. The quantitative estimate of drug-likeness (QED) is 0.892. The first kappa shape index (κ1) is 12.0. The Bertz CT molecular complexity index is 408. The Hall–Kier alpha value is -1.03. The summed E-state index contributed by atoms with van der Waals surface area (Å²) in [6.45, 7) is 2.82. The standard InChI is InChI=1S/C14H22N2O2/c1-3-16-13(12(18-2)8-15-16)14(17)11-7-9-4-5-10(11)6-9/h8-11,14,17H,3-7H2,1-2H3. The zero-order valence-corrected chi connectivity index (χ0v) is 11.2. The molecule has 2 aliphatic rings. The normalized spacial score (nSPS) is 31.8. The lowest BCUT2D eigenvalue weighted by atomic mass is 9.83. The largest absolute Gasteiger partial charge is 0.493 e. The van der Waals surface area contributed by atoms with Crippen molar-refractivity contribution in [3.63, 3.8) is 0 Å². The molecule has 0 spiro atoms. The minimum Gasteiger partial charge on any atom is -0.493 e. The lowest BCUT2D eigenvalue weighted by molar-refractivity contribution is 0.0647. The molecule has 2 fully saturated rings. The Morgan fingerprint density at radius 3 is 2.89 bits per heavy atom. The molecular weight excluding hydrogens is 228 g/mol. The Balaban J connectivity index is 1.87. The third kappa shape index (κ3) is 1.74. The van der Waals surface area contributed by atoms with E-state index in [-0.39, 0.29) is 0 Å². The van der Waals surface area contributed by atoms with Crippen molar-refractivity contribution in [2.45, 2.75) is 45.3 Å². The van der Waals surface area contributed by atoms with E-state index in [0.717, 1.165) is 23.9 Å². The summed E-state index contributed by atoms with van der Waals surface area (Å²) in [4.78, 5) is 0. The van der Waals surface area contributed by atoms with Crippen LogP contribution in [0.5, 0.6) is 5.75 Å². The molecule has 0 amide bonds. The summed E-state index contributed by atoms with van der Waals surface area (Å²) in [5.74, 6) is 2.68. The van der Waals surface area contributed by atoms with E-state index in [1.807, 2.05) is 11.6 Å². The second-order valence-electron chi connectivity index (χ2n) is 5.70. The van der Waals surface area contributed by atoms with Crippen molar-refractivity contribution in [2.75, 3.05) is 7.11 Å². The van der Waals surface area contributed by atoms with Crippen LogP contribution < -0.4 is 4.74 Å². The maximum atomic E-state index is 10.7. The van der Waals surface area contributed by atoms with Crippen molar-refractivity contribution in [3.05, 3.63) is 11.9 Å². The molecule has 2 saturated carbocycles. The highest BCUT2D eigenvalue weighted by Gasteiger charge is 2.44. The Labute approximate surface area is 108 Å². The van der Waals surface area contributed by atoms with Gasteiger partial charge in [-0.05, 0) is 43.9 Å². The molecule has 18 heavy (non-hydrogen) atoms. The molecule has 0 aromatic carbocycles. The molecule has 1 aromatic rings. The molecule has 4 nitrogen and oxygen atoms in total. The summed E-state index contributed by atoms with van der Waals surface area (Å²) in [5.41, 5.74) is 0.873. The van der Waals surface area contributed by atoms with Gasteiger partial charge in [-0.2, -0.15) is 5.10 Å². The van der Waals surface area contributed by atoms with E-state index in [0.29, 0.717) is 11.8 Å². The molecule has 1 N–H and O–H groups in total. The van der Waals surface area contributed by atoms with Gasteiger partial charge in [0.2, 0.25) is 0 Å². The Kier molecular flexibility index (Phi) is 3.06. The minimum atomic E-state index is -0.419. The highest BCUT2D eigenvalue weighted by atomic mass is 16.5. The van der Waals surface area contributed by atoms with Crippen molar-refractivity contribution >= 4 is 0 Å². The fourth-order valence-electron chi connectivity index (χ4n) is 3.97. The molecule has 4 atom stereocenters. The predicted octanol–water partition coefficient (Wildman–Crippen LogP) is 2.38. The number of aliphatic hydroxyl groups excluding tert-OH is 1. The molecular formula is C14H22N2O2. The first-order valence-corrected chi connectivity index (χ1v) is 7.02. The van der Waals surface area contributed by atoms with Gasteiger partial charge in [-0.3, -0.25) is 4.68 Å². The number of hydrogen-bond donors (Lipinski definition) is 1. The van der Waals surface area contributed by atoms with Gasteiger partial charge >= 0.3 is 0 Å². The van der Waals surface area contributed by atoms with Gasteiger partial charge in [0.05, 0.1) is 13.3 Å². The number of hydrogen-bond acceptors (Lipinski definition) is 3. The van der Waals surface area contributed by atoms with Crippen LogP contribution in [0.25, 0.3) is 0 Å². The second-order valence-corrected chi connectivity index (χ2v) is 5.70. The average molecular weight is 250 g/mol. The molecule has 0 saturated heterocycles. The maximum absolute atomic E-state index is 10.7. The van der Waals surface area contributed by atoms with E-state index in [2.05, 4.69) is 5.10 Å². The second kappa shape index (κ2) is 4.57. The molecule has 1 aromatic heterocycles. The fourth-order valence-corrected chi connectivity index (χ4v) is 3.97. The molecule has 4 heteroatoms. The summed E-state index contributed by atoms with van der Waals surface area (Å²) in [7, 11) is 1.65. The molecule has 2 aliphatic carbocycles. The lowest BCUT2D eigenvalue weighted by Crippen LogP contribution is -2.22. The number of aliphatic hydroxyl groups is 1. The number of nitrogens with zero attached hydrogens (tertiary/aromatic N) is 2. The van der Waals surface area contributed by atoms with Gasteiger partial charge in [0.25, 0.3) is 0 Å². The number of ether oxygens (including phenoxy) is 1. The first-order chi connectivity index (χ1) is 8.74. The third-order valence-electron chi connectivity index (χ3n) is 4.84. The zero-order valence-electron chi connectivity index (χ0n) is 11.2. The highest BCUT2D eigenvalue weighted by molar-refractivity contribution is 5.28. The lowest BCUT2D eigenvalue weighted by Gasteiger charge is -2.27. The smallest absolute Gasteiger partial charge is 0.162 e. The Morgan fingerprint density at radius 1 is 1.50 bits per heavy atom. The number of aromatic nitrogens is 2.